The summed E-state index contributed by atoms with van der Waals surface area (Å²) in [6, 6.07) is 16.7. The highest BCUT2D eigenvalue weighted by molar-refractivity contribution is 6.11. The summed E-state index contributed by atoms with van der Waals surface area (Å²) in [4.78, 5) is 14.0. The minimum Gasteiger partial charge on any atom is -0.308 e. The van der Waals surface area contributed by atoms with Gasteiger partial charge in [0.25, 0.3) is 0 Å². The van der Waals surface area contributed by atoms with Gasteiger partial charge in [0.1, 0.15) is 0 Å². The van der Waals surface area contributed by atoms with E-state index in [0.29, 0.717) is 0 Å². The first-order chi connectivity index (χ1) is 14.7. The molecule has 0 spiro atoms. The van der Waals surface area contributed by atoms with Gasteiger partial charge in [0.15, 0.2) is 5.78 Å². The van der Waals surface area contributed by atoms with Crippen molar-refractivity contribution in [3.8, 4) is 0 Å². The molecule has 160 valence electrons. The van der Waals surface area contributed by atoms with E-state index in [0.717, 1.165) is 49.9 Å². The topological polar surface area (TPSA) is 41.1 Å². The molecule has 2 aromatic rings. The second kappa shape index (κ2) is 9.03. The summed E-state index contributed by atoms with van der Waals surface area (Å²) in [6.07, 6.45) is 9.29. The van der Waals surface area contributed by atoms with Gasteiger partial charge in [0.05, 0.1) is 0 Å². The molecule has 0 saturated heterocycles. The Hall–Kier alpha value is -1.97. The Morgan fingerprint density at radius 2 is 1.07 bits per heavy atom. The highest BCUT2D eigenvalue weighted by atomic mass is 16.1. The SMILES string of the molecule is CCNC1(c2ccccc2C(=O)c2ccccc2C2(NCC)CCCC2)CCCC1. The number of benzene rings is 2. The summed E-state index contributed by atoms with van der Waals surface area (Å²) in [5, 5.41) is 7.51. The maximum atomic E-state index is 14.0. The summed E-state index contributed by atoms with van der Waals surface area (Å²) < 4.78 is 0. The molecule has 0 aromatic heterocycles. The van der Waals surface area contributed by atoms with Crippen molar-refractivity contribution in [3.63, 3.8) is 0 Å². The molecule has 2 aliphatic rings. The fourth-order valence-corrected chi connectivity index (χ4v) is 6.06. The smallest absolute Gasteiger partial charge is 0.193 e. The zero-order valence-electron chi connectivity index (χ0n) is 18.6. The van der Waals surface area contributed by atoms with Crippen LogP contribution in [0.25, 0.3) is 0 Å². The zero-order chi connectivity index (χ0) is 21.0. The molecule has 0 amide bonds. The molecular formula is C27H36N2O. The second-order valence-corrected chi connectivity index (χ2v) is 9.06. The van der Waals surface area contributed by atoms with Crippen molar-refractivity contribution in [3.05, 3.63) is 70.8 Å². The summed E-state index contributed by atoms with van der Waals surface area (Å²) in [7, 11) is 0. The van der Waals surface area contributed by atoms with Crippen LogP contribution in [0.4, 0.5) is 0 Å². The van der Waals surface area contributed by atoms with Gasteiger partial charge in [-0.25, -0.2) is 0 Å². The minimum absolute atomic E-state index is 0.0668. The van der Waals surface area contributed by atoms with E-state index in [2.05, 4.69) is 48.7 Å². The number of hydrogen-bond donors (Lipinski definition) is 2. The van der Waals surface area contributed by atoms with Crippen LogP contribution < -0.4 is 10.6 Å². The van der Waals surface area contributed by atoms with E-state index in [4.69, 9.17) is 0 Å². The summed E-state index contributed by atoms with van der Waals surface area (Å²) in [5.74, 6) is 0.176. The number of rotatable bonds is 8. The van der Waals surface area contributed by atoms with Crippen molar-refractivity contribution in [1.29, 1.82) is 0 Å². The van der Waals surface area contributed by atoms with Crippen LogP contribution in [0.3, 0.4) is 0 Å². The first kappa shape index (κ1) is 21.3. The van der Waals surface area contributed by atoms with Gasteiger partial charge in [-0.15, -0.1) is 0 Å². The van der Waals surface area contributed by atoms with Crippen LogP contribution in [0, 0.1) is 0 Å². The lowest BCUT2D eigenvalue weighted by atomic mass is 9.79. The predicted octanol–water partition coefficient (Wildman–Crippen LogP) is 5.68. The van der Waals surface area contributed by atoms with E-state index in [1.807, 2.05) is 24.3 Å². The molecule has 0 radical (unpaired) electrons. The van der Waals surface area contributed by atoms with Gasteiger partial charge in [-0.05, 0) is 49.9 Å². The number of nitrogens with one attached hydrogen (secondary N) is 2. The molecule has 4 rings (SSSR count). The van der Waals surface area contributed by atoms with Crippen molar-refractivity contribution in [2.75, 3.05) is 13.1 Å². The van der Waals surface area contributed by atoms with Crippen LogP contribution in [0.15, 0.2) is 48.5 Å². The predicted molar refractivity (Wildman–Crippen MR) is 124 cm³/mol. The van der Waals surface area contributed by atoms with Gasteiger partial charge in [-0.1, -0.05) is 88.1 Å². The molecule has 0 bridgehead atoms. The van der Waals surface area contributed by atoms with Crippen molar-refractivity contribution in [2.24, 2.45) is 0 Å². The van der Waals surface area contributed by atoms with Gasteiger partial charge in [-0.3, -0.25) is 4.79 Å². The fraction of sp³-hybridized carbons (Fsp3) is 0.519. The van der Waals surface area contributed by atoms with Gasteiger partial charge in [0.2, 0.25) is 0 Å². The van der Waals surface area contributed by atoms with Gasteiger partial charge >= 0.3 is 0 Å². The number of hydrogen-bond acceptors (Lipinski definition) is 3. The monoisotopic (exact) mass is 404 g/mol. The van der Waals surface area contributed by atoms with E-state index < -0.39 is 0 Å². The third-order valence-electron chi connectivity index (χ3n) is 7.32. The van der Waals surface area contributed by atoms with E-state index in [9.17, 15) is 4.79 Å². The lowest BCUT2D eigenvalue weighted by molar-refractivity contribution is 0.103. The van der Waals surface area contributed by atoms with Crippen LogP contribution in [-0.4, -0.2) is 18.9 Å². The van der Waals surface area contributed by atoms with Crippen LogP contribution in [0.5, 0.6) is 0 Å². The summed E-state index contributed by atoms with van der Waals surface area (Å²) in [5.41, 5.74) is 3.99. The minimum atomic E-state index is -0.0668. The van der Waals surface area contributed by atoms with Crippen LogP contribution in [0.2, 0.25) is 0 Å². The normalized spacial score (nSPS) is 19.8. The van der Waals surface area contributed by atoms with Gasteiger partial charge in [-0.2, -0.15) is 0 Å². The molecule has 0 aliphatic heterocycles. The Bertz CT molecular complexity index is 804. The summed E-state index contributed by atoms with van der Waals surface area (Å²) in [6.45, 7) is 6.17. The Morgan fingerprint density at radius 3 is 1.43 bits per heavy atom. The van der Waals surface area contributed by atoms with Crippen molar-refractivity contribution in [1.82, 2.24) is 10.6 Å². The largest absolute Gasteiger partial charge is 0.308 e. The maximum absolute atomic E-state index is 14.0. The van der Waals surface area contributed by atoms with Gasteiger partial charge < -0.3 is 10.6 Å². The maximum Gasteiger partial charge on any atom is 0.193 e. The molecule has 3 nitrogen and oxygen atoms in total. The Labute approximate surface area is 181 Å². The molecule has 0 heterocycles. The highest BCUT2D eigenvalue weighted by Gasteiger charge is 2.40. The molecule has 0 atom stereocenters. The van der Waals surface area contributed by atoms with E-state index in [1.165, 1.54) is 36.8 Å². The third-order valence-corrected chi connectivity index (χ3v) is 7.32. The average Bonchev–Trinajstić information content (AvgIpc) is 3.45. The molecular weight excluding hydrogens is 368 g/mol. The van der Waals surface area contributed by atoms with Gasteiger partial charge in [0, 0.05) is 22.2 Å². The quantitative estimate of drug-likeness (QED) is 0.557. The highest BCUT2D eigenvalue weighted by Crippen LogP contribution is 2.43. The molecule has 2 fully saturated rings. The standard InChI is InChI=1S/C27H36N2O/c1-3-28-26(17-9-10-18-26)23-15-7-5-13-21(23)25(30)22-14-6-8-16-24(22)27(29-4-2)19-11-12-20-27/h5-8,13-16,28-29H,3-4,9-12,17-20H2,1-2H3. The Balaban J connectivity index is 1.79. The lowest BCUT2D eigenvalue weighted by Crippen LogP contribution is -2.42. The molecule has 2 aliphatic carbocycles. The van der Waals surface area contributed by atoms with Crippen molar-refractivity contribution in [2.45, 2.75) is 76.3 Å². The van der Waals surface area contributed by atoms with E-state index in [-0.39, 0.29) is 16.9 Å². The van der Waals surface area contributed by atoms with Crippen LogP contribution in [-0.2, 0) is 11.1 Å². The molecule has 2 saturated carbocycles. The molecule has 0 unspecified atom stereocenters. The first-order valence-corrected chi connectivity index (χ1v) is 11.9. The zero-order valence-corrected chi connectivity index (χ0v) is 18.6. The van der Waals surface area contributed by atoms with Crippen molar-refractivity contribution >= 4 is 5.78 Å². The molecule has 30 heavy (non-hydrogen) atoms. The number of ketones is 1. The fourth-order valence-electron chi connectivity index (χ4n) is 6.06. The van der Waals surface area contributed by atoms with Crippen LogP contribution in [0.1, 0.15) is 92.3 Å². The van der Waals surface area contributed by atoms with E-state index in [1.54, 1.807) is 0 Å². The molecule has 2 N–H and O–H groups in total. The Kier molecular flexibility index (Phi) is 6.40. The first-order valence-electron chi connectivity index (χ1n) is 11.9. The summed E-state index contributed by atoms with van der Waals surface area (Å²) >= 11 is 0. The molecule has 2 aromatic carbocycles. The van der Waals surface area contributed by atoms with Crippen LogP contribution >= 0.6 is 0 Å². The second-order valence-electron chi connectivity index (χ2n) is 9.06. The third kappa shape index (κ3) is 3.74. The number of carbonyl (C=O) groups is 1. The lowest BCUT2D eigenvalue weighted by Gasteiger charge is -2.34. The average molecular weight is 405 g/mol. The molecule has 3 heteroatoms. The Morgan fingerprint density at radius 1 is 0.700 bits per heavy atom. The van der Waals surface area contributed by atoms with E-state index >= 15 is 0 Å². The number of carbonyl (C=O) groups excluding carboxylic acids is 1. The van der Waals surface area contributed by atoms with Crippen molar-refractivity contribution < 1.29 is 4.79 Å².